The highest BCUT2D eigenvalue weighted by Crippen LogP contribution is 2.16. The van der Waals surface area contributed by atoms with Gasteiger partial charge in [0.1, 0.15) is 0 Å². The van der Waals surface area contributed by atoms with Crippen LogP contribution >= 0.6 is 0 Å². The fraction of sp³-hybridized carbons (Fsp3) is 0.600. The summed E-state index contributed by atoms with van der Waals surface area (Å²) in [4.78, 5) is 0. The quantitative estimate of drug-likeness (QED) is 0.805. The zero-order valence-electron chi connectivity index (χ0n) is 11.2. The van der Waals surface area contributed by atoms with Crippen LogP contribution in [0, 0.1) is 5.92 Å². The molecule has 1 aromatic carbocycles. The van der Waals surface area contributed by atoms with Crippen LogP contribution < -0.4 is 11.1 Å². The highest BCUT2D eigenvalue weighted by atomic mass is 16.5. The third kappa shape index (κ3) is 3.80. The van der Waals surface area contributed by atoms with Crippen LogP contribution in [0.3, 0.4) is 0 Å². The number of hydrogen-bond donors (Lipinski definition) is 2. The van der Waals surface area contributed by atoms with Crippen molar-refractivity contribution in [2.75, 3.05) is 19.8 Å². The molecule has 2 unspecified atom stereocenters. The monoisotopic (exact) mass is 248 g/mol. The summed E-state index contributed by atoms with van der Waals surface area (Å²) in [7, 11) is 0. The Morgan fingerprint density at radius 1 is 1.33 bits per heavy atom. The minimum atomic E-state index is 0.524. The van der Waals surface area contributed by atoms with Crippen LogP contribution in [-0.2, 0) is 17.7 Å². The van der Waals surface area contributed by atoms with Gasteiger partial charge in [0, 0.05) is 19.2 Å². The van der Waals surface area contributed by atoms with Crippen LogP contribution in [-0.4, -0.2) is 25.8 Å². The van der Waals surface area contributed by atoms with Crippen LogP contribution in [0.1, 0.15) is 24.5 Å². The Hall–Kier alpha value is -0.900. The number of nitrogens with two attached hydrogens (primary N) is 1. The van der Waals surface area contributed by atoms with E-state index in [-0.39, 0.29) is 0 Å². The lowest BCUT2D eigenvalue weighted by Crippen LogP contribution is -2.33. The Kier molecular flexibility index (Phi) is 5.17. The van der Waals surface area contributed by atoms with Crippen molar-refractivity contribution in [3.63, 3.8) is 0 Å². The molecule has 3 nitrogen and oxygen atoms in total. The molecule has 0 saturated carbocycles. The lowest BCUT2D eigenvalue weighted by atomic mass is 10.0. The average Bonchev–Trinajstić information content (AvgIpc) is 2.92. The number of rotatable bonds is 6. The molecule has 1 aromatic rings. The first-order chi connectivity index (χ1) is 8.79. The standard InChI is InChI=1S/C15H24N2O/c1-12(15-7-9-18-11-15)17-10-14-4-2-13(3-5-14)6-8-16/h2-5,12,15,17H,6-11,16H2,1H3. The van der Waals surface area contributed by atoms with E-state index in [0.717, 1.165) is 32.7 Å². The Labute approximate surface area is 110 Å². The second-order valence-electron chi connectivity index (χ2n) is 5.15. The molecular weight excluding hydrogens is 224 g/mol. The van der Waals surface area contributed by atoms with Gasteiger partial charge >= 0.3 is 0 Å². The third-order valence-corrected chi connectivity index (χ3v) is 3.76. The van der Waals surface area contributed by atoms with Crippen molar-refractivity contribution in [1.29, 1.82) is 0 Å². The smallest absolute Gasteiger partial charge is 0.0509 e. The van der Waals surface area contributed by atoms with Gasteiger partial charge in [-0.05, 0) is 43.4 Å². The van der Waals surface area contributed by atoms with Crippen molar-refractivity contribution in [2.24, 2.45) is 11.7 Å². The Morgan fingerprint density at radius 2 is 2.06 bits per heavy atom. The molecule has 1 saturated heterocycles. The summed E-state index contributed by atoms with van der Waals surface area (Å²) in [5, 5.41) is 3.59. The van der Waals surface area contributed by atoms with E-state index in [1.807, 2.05) is 0 Å². The van der Waals surface area contributed by atoms with Gasteiger partial charge in [-0.25, -0.2) is 0 Å². The molecule has 0 bridgehead atoms. The first-order valence-corrected chi connectivity index (χ1v) is 6.88. The molecule has 0 amide bonds. The van der Waals surface area contributed by atoms with Crippen molar-refractivity contribution < 1.29 is 4.74 Å². The molecule has 1 aliphatic heterocycles. The maximum absolute atomic E-state index is 5.54. The molecule has 100 valence electrons. The van der Waals surface area contributed by atoms with E-state index < -0.39 is 0 Å². The molecule has 3 heteroatoms. The van der Waals surface area contributed by atoms with Crippen LogP contribution in [0.4, 0.5) is 0 Å². The van der Waals surface area contributed by atoms with Gasteiger partial charge in [0.25, 0.3) is 0 Å². The maximum Gasteiger partial charge on any atom is 0.0509 e. The zero-order chi connectivity index (χ0) is 12.8. The molecule has 3 N–H and O–H groups in total. The number of nitrogens with one attached hydrogen (secondary N) is 1. The van der Waals surface area contributed by atoms with Crippen molar-refractivity contribution in [3.05, 3.63) is 35.4 Å². The molecule has 1 fully saturated rings. The highest BCUT2D eigenvalue weighted by Gasteiger charge is 2.21. The first-order valence-electron chi connectivity index (χ1n) is 6.88. The van der Waals surface area contributed by atoms with Crippen LogP contribution in [0.15, 0.2) is 24.3 Å². The lowest BCUT2D eigenvalue weighted by Gasteiger charge is -2.19. The van der Waals surface area contributed by atoms with Gasteiger partial charge in [-0.3, -0.25) is 0 Å². The third-order valence-electron chi connectivity index (χ3n) is 3.76. The molecule has 0 radical (unpaired) electrons. The van der Waals surface area contributed by atoms with E-state index in [9.17, 15) is 0 Å². The number of hydrogen-bond acceptors (Lipinski definition) is 3. The Morgan fingerprint density at radius 3 is 2.67 bits per heavy atom. The molecule has 2 rings (SSSR count). The fourth-order valence-corrected chi connectivity index (χ4v) is 2.38. The summed E-state index contributed by atoms with van der Waals surface area (Å²) in [5.41, 5.74) is 8.20. The predicted octanol–water partition coefficient (Wildman–Crippen LogP) is 1.70. The summed E-state index contributed by atoms with van der Waals surface area (Å²) in [6.45, 7) is 5.73. The van der Waals surface area contributed by atoms with Crippen molar-refractivity contribution >= 4 is 0 Å². The van der Waals surface area contributed by atoms with Crippen LogP contribution in [0.5, 0.6) is 0 Å². The van der Waals surface area contributed by atoms with Gasteiger partial charge in [-0.2, -0.15) is 0 Å². The average molecular weight is 248 g/mol. The molecule has 18 heavy (non-hydrogen) atoms. The molecule has 0 aliphatic carbocycles. The molecule has 0 aromatic heterocycles. The molecule has 1 heterocycles. The van der Waals surface area contributed by atoms with E-state index in [0.29, 0.717) is 12.0 Å². The van der Waals surface area contributed by atoms with Gasteiger partial charge in [-0.15, -0.1) is 0 Å². The summed E-state index contributed by atoms with van der Waals surface area (Å²) in [6, 6.07) is 9.25. The van der Waals surface area contributed by atoms with Gasteiger partial charge in [0.15, 0.2) is 0 Å². The molecule has 0 spiro atoms. The van der Waals surface area contributed by atoms with Crippen molar-refractivity contribution in [2.45, 2.75) is 32.4 Å². The van der Waals surface area contributed by atoms with Gasteiger partial charge in [-0.1, -0.05) is 24.3 Å². The van der Waals surface area contributed by atoms with Gasteiger partial charge < -0.3 is 15.8 Å². The summed E-state index contributed by atoms with van der Waals surface area (Å²) in [5.74, 6) is 0.668. The van der Waals surface area contributed by atoms with Crippen molar-refractivity contribution in [3.8, 4) is 0 Å². The minimum absolute atomic E-state index is 0.524. The zero-order valence-corrected chi connectivity index (χ0v) is 11.2. The normalized spacial score (nSPS) is 21.1. The van der Waals surface area contributed by atoms with E-state index in [1.165, 1.54) is 17.5 Å². The lowest BCUT2D eigenvalue weighted by molar-refractivity contribution is 0.178. The van der Waals surface area contributed by atoms with Gasteiger partial charge in [0.05, 0.1) is 6.61 Å². The van der Waals surface area contributed by atoms with E-state index in [2.05, 4.69) is 36.5 Å². The van der Waals surface area contributed by atoms with E-state index in [4.69, 9.17) is 10.5 Å². The number of ether oxygens (including phenoxy) is 1. The summed E-state index contributed by atoms with van der Waals surface area (Å²) in [6.07, 6.45) is 2.15. The second kappa shape index (κ2) is 6.88. The summed E-state index contributed by atoms with van der Waals surface area (Å²) >= 11 is 0. The van der Waals surface area contributed by atoms with Crippen LogP contribution in [0.25, 0.3) is 0 Å². The Balaban J connectivity index is 1.78. The summed E-state index contributed by atoms with van der Waals surface area (Å²) < 4.78 is 5.42. The Bertz CT molecular complexity index is 344. The highest BCUT2D eigenvalue weighted by molar-refractivity contribution is 5.22. The number of benzene rings is 1. The van der Waals surface area contributed by atoms with Crippen molar-refractivity contribution in [1.82, 2.24) is 5.32 Å². The molecular formula is C15H24N2O. The minimum Gasteiger partial charge on any atom is -0.381 e. The van der Waals surface area contributed by atoms with Gasteiger partial charge in [0.2, 0.25) is 0 Å². The predicted molar refractivity (Wildman–Crippen MR) is 74.4 cm³/mol. The molecule has 1 aliphatic rings. The van der Waals surface area contributed by atoms with Crippen LogP contribution in [0.2, 0.25) is 0 Å². The fourth-order valence-electron chi connectivity index (χ4n) is 2.38. The van der Waals surface area contributed by atoms with E-state index >= 15 is 0 Å². The second-order valence-corrected chi connectivity index (χ2v) is 5.15. The first kappa shape index (κ1) is 13.5. The molecule has 2 atom stereocenters. The maximum atomic E-state index is 5.54. The van der Waals surface area contributed by atoms with E-state index in [1.54, 1.807) is 0 Å². The topological polar surface area (TPSA) is 47.3 Å². The largest absolute Gasteiger partial charge is 0.381 e. The SMILES string of the molecule is CC(NCc1ccc(CCN)cc1)C1CCOC1.